The zero-order valence-corrected chi connectivity index (χ0v) is 13.1. The Labute approximate surface area is 123 Å². The summed E-state index contributed by atoms with van der Waals surface area (Å²) in [5, 5.41) is 3.50. The zero-order chi connectivity index (χ0) is 14.4. The van der Waals surface area contributed by atoms with Crippen LogP contribution in [-0.4, -0.2) is 37.7 Å². The molecule has 3 nitrogen and oxygen atoms in total. The first-order valence-electron chi connectivity index (χ1n) is 7.90. The number of nitrogens with zero attached hydrogens (tertiary/aromatic N) is 1. The Balaban J connectivity index is 2.17. The van der Waals surface area contributed by atoms with Crippen LogP contribution < -0.4 is 10.1 Å². The number of nitrogens with one attached hydrogen (secondary N) is 1. The molecule has 1 heterocycles. The van der Waals surface area contributed by atoms with E-state index in [1.165, 1.54) is 24.9 Å². The zero-order valence-electron chi connectivity index (χ0n) is 13.1. The van der Waals surface area contributed by atoms with E-state index < -0.39 is 0 Å². The molecule has 0 bridgehead atoms. The Morgan fingerprint density at radius 2 is 2.05 bits per heavy atom. The van der Waals surface area contributed by atoms with Crippen molar-refractivity contribution in [1.82, 2.24) is 10.2 Å². The minimum absolute atomic E-state index is 0.519. The van der Waals surface area contributed by atoms with Gasteiger partial charge in [0.1, 0.15) is 5.75 Å². The second kappa shape index (κ2) is 7.65. The summed E-state index contributed by atoms with van der Waals surface area (Å²) in [7, 11) is 1.72. The molecule has 2 unspecified atom stereocenters. The lowest BCUT2D eigenvalue weighted by Gasteiger charge is -2.36. The molecule has 0 aromatic heterocycles. The van der Waals surface area contributed by atoms with E-state index in [1.54, 1.807) is 7.11 Å². The van der Waals surface area contributed by atoms with Gasteiger partial charge >= 0.3 is 0 Å². The SMILES string of the molecule is CCCN(C1CCNC1)C(CC)c1ccc(OC)cc1. The van der Waals surface area contributed by atoms with Crippen LogP contribution in [0.3, 0.4) is 0 Å². The van der Waals surface area contributed by atoms with E-state index in [2.05, 4.69) is 48.3 Å². The molecule has 0 amide bonds. The largest absolute Gasteiger partial charge is 0.497 e. The van der Waals surface area contributed by atoms with Crippen LogP contribution in [-0.2, 0) is 0 Å². The molecule has 1 aromatic carbocycles. The van der Waals surface area contributed by atoms with Gasteiger partial charge in [0, 0.05) is 18.6 Å². The first-order valence-corrected chi connectivity index (χ1v) is 7.90. The van der Waals surface area contributed by atoms with Crippen molar-refractivity contribution in [2.75, 3.05) is 26.7 Å². The Hall–Kier alpha value is -1.06. The average Bonchev–Trinajstić information content (AvgIpc) is 3.02. The fourth-order valence-electron chi connectivity index (χ4n) is 3.26. The van der Waals surface area contributed by atoms with Crippen LogP contribution in [0.4, 0.5) is 0 Å². The van der Waals surface area contributed by atoms with Gasteiger partial charge in [-0.2, -0.15) is 0 Å². The van der Waals surface area contributed by atoms with E-state index >= 15 is 0 Å². The van der Waals surface area contributed by atoms with Crippen LogP contribution in [0, 0.1) is 0 Å². The van der Waals surface area contributed by atoms with Crippen LogP contribution in [0.25, 0.3) is 0 Å². The molecule has 1 N–H and O–H groups in total. The van der Waals surface area contributed by atoms with E-state index in [9.17, 15) is 0 Å². The van der Waals surface area contributed by atoms with Crippen molar-refractivity contribution < 1.29 is 4.74 Å². The van der Waals surface area contributed by atoms with Gasteiger partial charge in [0.2, 0.25) is 0 Å². The first kappa shape index (κ1) is 15.3. The van der Waals surface area contributed by atoms with Gasteiger partial charge in [0.25, 0.3) is 0 Å². The molecule has 1 aromatic rings. The fraction of sp³-hybridized carbons (Fsp3) is 0.647. The summed E-state index contributed by atoms with van der Waals surface area (Å²) in [6.45, 7) is 8.03. The van der Waals surface area contributed by atoms with Gasteiger partial charge < -0.3 is 10.1 Å². The molecule has 20 heavy (non-hydrogen) atoms. The summed E-state index contributed by atoms with van der Waals surface area (Å²) in [4.78, 5) is 2.70. The standard InChI is InChI=1S/C17H28N2O/c1-4-12-19(15-10-11-18-13-15)17(5-2)14-6-8-16(20-3)9-7-14/h6-9,15,17-18H,4-5,10-13H2,1-3H3. The monoisotopic (exact) mass is 276 g/mol. The molecule has 1 aliphatic heterocycles. The molecular weight excluding hydrogens is 248 g/mol. The third-order valence-corrected chi connectivity index (χ3v) is 4.27. The maximum absolute atomic E-state index is 5.27. The van der Waals surface area contributed by atoms with E-state index in [1.807, 2.05) is 0 Å². The van der Waals surface area contributed by atoms with Gasteiger partial charge in [-0.25, -0.2) is 0 Å². The van der Waals surface area contributed by atoms with Gasteiger partial charge in [-0.1, -0.05) is 26.0 Å². The van der Waals surface area contributed by atoms with E-state index in [0.717, 1.165) is 25.3 Å². The summed E-state index contributed by atoms with van der Waals surface area (Å²) < 4.78 is 5.27. The molecule has 2 atom stereocenters. The van der Waals surface area contributed by atoms with E-state index in [0.29, 0.717) is 12.1 Å². The Kier molecular flexibility index (Phi) is 5.86. The van der Waals surface area contributed by atoms with Crippen molar-refractivity contribution in [1.29, 1.82) is 0 Å². The lowest BCUT2D eigenvalue weighted by Crippen LogP contribution is -2.40. The van der Waals surface area contributed by atoms with Crippen molar-refractivity contribution >= 4 is 0 Å². The van der Waals surface area contributed by atoms with Crippen LogP contribution in [0.5, 0.6) is 5.75 Å². The Bertz CT molecular complexity index is 384. The van der Waals surface area contributed by atoms with Crippen LogP contribution in [0.2, 0.25) is 0 Å². The molecule has 1 aliphatic rings. The average molecular weight is 276 g/mol. The van der Waals surface area contributed by atoms with Gasteiger partial charge in [0.15, 0.2) is 0 Å². The first-order chi connectivity index (χ1) is 9.80. The summed E-state index contributed by atoms with van der Waals surface area (Å²) in [6, 6.07) is 9.80. The molecule has 0 aliphatic carbocycles. The second-order valence-electron chi connectivity index (χ2n) is 5.58. The van der Waals surface area contributed by atoms with Crippen LogP contribution in [0.1, 0.15) is 44.7 Å². The highest BCUT2D eigenvalue weighted by atomic mass is 16.5. The lowest BCUT2D eigenvalue weighted by molar-refractivity contribution is 0.138. The molecule has 0 spiro atoms. The van der Waals surface area contributed by atoms with Gasteiger partial charge in [-0.15, -0.1) is 0 Å². The van der Waals surface area contributed by atoms with Gasteiger partial charge in [-0.3, -0.25) is 4.90 Å². The fourth-order valence-corrected chi connectivity index (χ4v) is 3.26. The molecule has 2 rings (SSSR count). The summed E-state index contributed by atoms with van der Waals surface area (Å²) in [6.07, 6.45) is 3.64. The summed E-state index contributed by atoms with van der Waals surface area (Å²) in [5.74, 6) is 0.938. The smallest absolute Gasteiger partial charge is 0.118 e. The second-order valence-corrected chi connectivity index (χ2v) is 5.58. The summed E-state index contributed by atoms with van der Waals surface area (Å²) >= 11 is 0. The number of methoxy groups -OCH3 is 1. The van der Waals surface area contributed by atoms with Crippen molar-refractivity contribution in [2.24, 2.45) is 0 Å². The van der Waals surface area contributed by atoms with Crippen molar-refractivity contribution in [3.05, 3.63) is 29.8 Å². The Morgan fingerprint density at radius 1 is 1.30 bits per heavy atom. The normalized spacial score (nSPS) is 20.3. The van der Waals surface area contributed by atoms with E-state index in [-0.39, 0.29) is 0 Å². The van der Waals surface area contributed by atoms with E-state index in [4.69, 9.17) is 4.74 Å². The van der Waals surface area contributed by atoms with Gasteiger partial charge in [0.05, 0.1) is 7.11 Å². The molecule has 112 valence electrons. The lowest BCUT2D eigenvalue weighted by atomic mass is 9.99. The van der Waals surface area contributed by atoms with Crippen molar-refractivity contribution in [3.8, 4) is 5.75 Å². The third-order valence-electron chi connectivity index (χ3n) is 4.27. The predicted octanol–water partition coefficient (Wildman–Crippen LogP) is 3.22. The number of rotatable bonds is 7. The molecule has 3 heteroatoms. The number of hydrogen-bond acceptors (Lipinski definition) is 3. The highest BCUT2D eigenvalue weighted by Crippen LogP contribution is 2.29. The highest BCUT2D eigenvalue weighted by molar-refractivity contribution is 5.29. The maximum Gasteiger partial charge on any atom is 0.118 e. The molecule has 1 saturated heterocycles. The van der Waals surface area contributed by atoms with Crippen LogP contribution in [0.15, 0.2) is 24.3 Å². The Morgan fingerprint density at radius 3 is 2.55 bits per heavy atom. The maximum atomic E-state index is 5.27. The molecular formula is C17H28N2O. The molecule has 0 saturated carbocycles. The summed E-state index contributed by atoms with van der Waals surface area (Å²) in [5.41, 5.74) is 1.41. The predicted molar refractivity (Wildman–Crippen MR) is 84.3 cm³/mol. The quantitative estimate of drug-likeness (QED) is 0.827. The third kappa shape index (κ3) is 3.53. The highest BCUT2D eigenvalue weighted by Gasteiger charge is 2.27. The topological polar surface area (TPSA) is 24.5 Å². The number of ether oxygens (including phenoxy) is 1. The molecule has 1 fully saturated rings. The minimum Gasteiger partial charge on any atom is -0.497 e. The van der Waals surface area contributed by atoms with Crippen LogP contribution >= 0.6 is 0 Å². The molecule has 0 radical (unpaired) electrons. The minimum atomic E-state index is 0.519. The van der Waals surface area contributed by atoms with Crippen molar-refractivity contribution in [2.45, 2.75) is 45.2 Å². The van der Waals surface area contributed by atoms with Gasteiger partial charge in [-0.05, 0) is 50.0 Å². The van der Waals surface area contributed by atoms with Crippen molar-refractivity contribution in [3.63, 3.8) is 0 Å². The number of benzene rings is 1. The number of hydrogen-bond donors (Lipinski definition) is 1.